The Morgan fingerprint density at radius 2 is 1.83 bits per heavy atom. The lowest BCUT2D eigenvalue weighted by Crippen LogP contribution is -2.22. The van der Waals surface area contributed by atoms with Gasteiger partial charge in [-0.2, -0.15) is 23.5 Å². The van der Waals surface area contributed by atoms with Crippen LogP contribution in [-0.2, 0) is 13.0 Å². The molecule has 5 rings (SSSR count). The van der Waals surface area contributed by atoms with E-state index in [1.54, 1.807) is 25.5 Å². The zero-order valence-electron chi connectivity index (χ0n) is 15.9. The molecule has 0 atom stereocenters. The van der Waals surface area contributed by atoms with Gasteiger partial charge in [-0.15, -0.1) is 10.2 Å². The number of nitrogens with zero attached hydrogens (tertiary/aromatic N) is 7. The van der Waals surface area contributed by atoms with Crippen molar-refractivity contribution in [3.63, 3.8) is 0 Å². The van der Waals surface area contributed by atoms with Gasteiger partial charge in [0.1, 0.15) is 5.82 Å². The Balaban J connectivity index is 1.68. The molecule has 0 radical (unpaired) electrons. The van der Waals surface area contributed by atoms with Gasteiger partial charge >= 0.3 is 5.92 Å². The molecule has 4 heterocycles. The lowest BCUT2D eigenvalue weighted by molar-refractivity contribution is 0.0271. The van der Waals surface area contributed by atoms with E-state index in [1.165, 1.54) is 23.0 Å². The first-order valence-corrected chi connectivity index (χ1v) is 9.00. The second-order valence-corrected chi connectivity index (χ2v) is 7.00. The molecule has 0 aliphatic rings. The quantitative estimate of drug-likeness (QED) is 0.455. The van der Waals surface area contributed by atoms with Crippen LogP contribution in [-0.4, -0.2) is 34.6 Å². The van der Waals surface area contributed by atoms with Crippen molar-refractivity contribution in [2.45, 2.75) is 12.8 Å². The van der Waals surface area contributed by atoms with Crippen LogP contribution in [0.2, 0.25) is 0 Å². The van der Waals surface area contributed by atoms with E-state index < -0.39 is 23.1 Å². The van der Waals surface area contributed by atoms with E-state index in [0.29, 0.717) is 11.3 Å². The Morgan fingerprint density at radius 1 is 1.00 bits per heavy atom. The number of benzene rings is 1. The van der Waals surface area contributed by atoms with Crippen LogP contribution in [0.3, 0.4) is 0 Å². The first-order valence-electron chi connectivity index (χ1n) is 9.00. The van der Waals surface area contributed by atoms with Gasteiger partial charge in [-0.1, -0.05) is 0 Å². The summed E-state index contributed by atoms with van der Waals surface area (Å²) >= 11 is 0. The Bertz CT molecular complexity index is 1420. The van der Waals surface area contributed by atoms with Crippen molar-refractivity contribution in [2.75, 3.05) is 0 Å². The summed E-state index contributed by atoms with van der Waals surface area (Å²) < 4.78 is 48.0. The molecule has 1 aromatic carbocycles. The molecule has 30 heavy (non-hydrogen) atoms. The van der Waals surface area contributed by atoms with Gasteiger partial charge in [0.05, 0.1) is 22.2 Å². The normalized spacial score (nSPS) is 12.2. The molecule has 0 aliphatic carbocycles. The molecule has 0 saturated heterocycles. The van der Waals surface area contributed by atoms with Crippen LogP contribution in [0.1, 0.15) is 17.0 Å². The van der Waals surface area contributed by atoms with Gasteiger partial charge in [0, 0.05) is 31.2 Å². The Morgan fingerprint density at radius 3 is 2.63 bits per heavy atom. The highest BCUT2D eigenvalue weighted by Crippen LogP contribution is 2.38. The van der Waals surface area contributed by atoms with Gasteiger partial charge in [-0.25, -0.2) is 4.39 Å². The zero-order chi connectivity index (χ0) is 21.0. The van der Waals surface area contributed by atoms with Crippen molar-refractivity contribution in [3.8, 4) is 11.3 Å². The highest BCUT2D eigenvalue weighted by atomic mass is 19.3. The molecule has 0 saturated carbocycles. The molecule has 10 heteroatoms. The van der Waals surface area contributed by atoms with Crippen LogP contribution < -0.4 is 0 Å². The minimum atomic E-state index is -3.77. The van der Waals surface area contributed by atoms with Crippen LogP contribution in [0.15, 0.2) is 48.9 Å². The predicted octanol–water partition coefficient (Wildman–Crippen LogP) is 3.66. The fourth-order valence-electron chi connectivity index (χ4n) is 3.37. The summed E-state index contributed by atoms with van der Waals surface area (Å²) in [4.78, 5) is 4.10. The fraction of sp³-hybridized carbons (Fsp3) is 0.150. The summed E-state index contributed by atoms with van der Waals surface area (Å²) in [5.74, 6) is -5.60. The summed E-state index contributed by atoms with van der Waals surface area (Å²) in [6.07, 6.45) is 4.62. The number of alkyl halides is 2. The van der Waals surface area contributed by atoms with E-state index in [4.69, 9.17) is 0 Å². The molecule has 0 spiro atoms. The van der Waals surface area contributed by atoms with Crippen LogP contribution in [0.4, 0.5) is 13.2 Å². The van der Waals surface area contributed by atoms with Gasteiger partial charge in [0.2, 0.25) is 5.82 Å². The molecule has 0 aliphatic heterocycles. The standard InChI is InChI=1S/C20H14F3N7/c1-11-7-12(9-24-8-11)15-5-6-17-25-26-19(30(17)28-15)20(22,23)14-3-4-16-13(18(14)21)10-29(2)27-16/h3-10H,1-2H3. The minimum Gasteiger partial charge on any atom is -0.274 e. The predicted molar refractivity (Wildman–Crippen MR) is 102 cm³/mol. The van der Waals surface area contributed by atoms with Crippen molar-refractivity contribution in [2.24, 2.45) is 7.05 Å². The molecule has 0 unspecified atom stereocenters. The Hall–Kier alpha value is -3.82. The fourth-order valence-corrected chi connectivity index (χ4v) is 3.37. The van der Waals surface area contributed by atoms with Gasteiger partial charge in [0.25, 0.3) is 0 Å². The molecule has 0 amide bonds. The van der Waals surface area contributed by atoms with Crippen molar-refractivity contribution in [1.29, 1.82) is 0 Å². The molecule has 0 bridgehead atoms. The van der Waals surface area contributed by atoms with Crippen molar-refractivity contribution < 1.29 is 13.2 Å². The van der Waals surface area contributed by atoms with E-state index in [-0.39, 0.29) is 16.6 Å². The Kier molecular flexibility index (Phi) is 3.85. The monoisotopic (exact) mass is 409 g/mol. The van der Waals surface area contributed by atoms with Crippen LogP contribution >= 0.6 is 0 Å². The third-order valence-electron chi connectivity index (χ3n) is 4.79. The molecule has 0 N–H and O–H groups in total. The van der Waals surface area contributed by atoms with Crippen LogP contribution in [0.5, 0.6) is 0 Å². The molecule has 4 aromatic heterocycles. The maximum absolute atomic E-state index is 15.4. The smallest absolute Gasteiger partial charge is 0.274 e. The average Bonchev–Trinajstić information content (AvgIpc) is 3.31. The van der Waals surface area contributed by atoms with Gasteiger partial charge in [-0.05, 0) is 42.8 Å². The topological polar surface area (TPSA) is 73.8 Å². The summed E-state index contributed by atoms with van der Waals surface area (Å²) in [5, 5.41) is 15.7. The first kappa shape index (κ1) is 18.2. The van der Waals surface area contributed by atoms with E-state index >= 15 is 8.78 Å². The minimum absolute atomic E-state index is 0.00276. The van der Waals surface area contributed by atoms with Crippen molar-refractivity contribution in [1.82, 2.24) is 34.6 Å². The lowest BCUT2D eigenvalue weighted by Gasteiger charge is -2.15. The number of hydrogen-bond donors (Lipinski definition) is 0. The van der Waals surface area contributed by atoms with Crippen molar-refractivity contribution >= 4 is 16.6 Å². The second-order valence-electron chi connectivity index (χ2n) is 7.00. The molecular formula is C20H14F3N7. The van der Waals surface area contributed by atoms with E-state index in [9.17, 15) is 4.39 Å². The third-order valence-corrected chi connectivity index (χ3v) is 4.79. The lowest BCUT2D eigenvalue weighted by atomic mass is 10.0. The van der Waals surface area contributed by atoms with Gasteiger partial charge in [-0.3, -0.25) is 9.67 Å². The zero-order valence-corrected chi connectivity index (χ0v) is 15.9. The SMILES string of the molecule is Cc1cncc(-c2ccc3nnc(C(F)(F)c4ccc5nn(C)cc5c4F)n3n2)c1. The number of rotatable bonds is 3. The molecule has 150 valence electrons. The highest BCUT2D eigenvalue weighted by molar-refractivity contribution is 5.80. The molecule has 7 nitrogen and oxygen atoms in total. The maximum atomic E-state index is 15.4. The van der Waals surface area contributed by atoms with E-state index in [0.717, 1.165) is 16.1 Å². The Labute approximate surface area is 167 Å². The number of hydrogen-bond acceptors (Lipinski definition) is 5. The largest absolute Gasteiger partial charge is 0.336 e. The van der Waals surface area contributed by atoms with Crippen LogP contribution in [0.25, 0.3) is 27.8 Å². The van der Waals surface area contributed by atoms with E-state index in [1.807, 2.05) is 13.0 Å². The summed E-state index contributed by atoms with van der Waals surface area (Å²) in [5.41, 5.74) is 1.56. The van der Waals surface area contributed by atoms with Gasteiger partial charge in [0.15, 0.2) is 5.65 Å². The molecular weight excluding hydrogens is 395 g/mol. The summed E-state index contributed by atoms with van der Waals surface area (Å²) in [6.45, 7) is 1.87. The molecule has 0 fully saturated rings. The van der Waals surface area contributed by atoms with Crippen LogP contribution in [0, 0.1) is 12.7 Å². The van der Waals surface area contributed by atoms with Gasteiger partial charge < -0.3 is 0 Å². The number of fused-ring (bicyclic) bond motifs is 2. The highest BCUT2D eigenvalue weighted by Gasteiger charge is 2.43. The average molecular weight is 409 g/mol. The molecule has 5 aromatic rings. The number of halogens is 3. The number of pyridine rings is 1. The number of aromatic nitrogens is 7. The van der Waals surface area contributed by atoms with Crippen molar-refractivity contribution in [3.05, 3.63) is 71.7 Å². The maximum Gasteiger partial charge on any atom is 0.336 e. The summed E-state index contributed by atoms with van der Waals surface area (Å²) in [6, 6.07) is 7.37. The summed E-state index contributed by atoms with van der Waals surface area (Å²) in [7, 11) is 1.59. The third kappa shape index (κ3) is 2.71. The second kappa shape index (κ2) is 6.34. The van der Waals surface area contributed by atoms with E-state index in [2.05, 4.69) is 25.4 Å². The first-order chi connectivity index (χ1) is 14.3. The number of aryl methyl sites for hydroxylation is 2.